The number of carbonyl (C=O) groups excluding carboxylic acids is 1. The van der Waals surface area contributed by atoms with Crippen molar-refractivity contribution in [3.05, 3.63) is 70.5 Å². The van der Waals surface area contributed by atoms with E-state index in [2.05, 4.69) is 30.9 Å². The van der Waals surface area contributed by atoms with Crippen molar-refractivity contribution in [1.29, 1.82) is 0 Å². The Morgan fingerprint density at radius 3 is 2.27 bits per heavy atom. The van der Waals surface area contributed by atoms with Crippen LogP contribution in [0.4, 0.5) is 4.39 Å². The number of nitrogens with zero attached hydrogens (tertiary/aromatic N) is 2. The van der Waals surface area contributed by atoms with Gasteiger partial charge in [0.1, 0.15) is 5.82 Å². The summed E-state index contributed by atoms with van der Waals surface area (Å²) in [6.07, 6.45) is 0. The van der Waals surface area contributed by atoms with Crippen LogP contribution in [0.15, 0.2) is 48.5 Å². The molecule has 2 unspecified atom stereocenters. The van der Waals surface area contributed by atoms with E-state index in [1.165, 1.54) is 17.7 Å². The molecular formula is C25H32ClFN2O. The number of halogens is 2. The van der Waals surface area contributed by atoms with Gasteiger partial charge in [0.15, 0.2) is 0 Å². The maximum atomic E-state index is 13.5. The van der Waals surface area contributed by atoms with Crippen molar-refractivity contribution in [3.63, 3.8) is 0 Å². The number of amides is 1. The van der Waals surface area contributed by atoms with Gasteiger partial charge in [0, 0.05) is 49.1 Å². The zero-order chi connectivity index (χ0) is 21.8. The van der Waals surface area contributed by atoms with Crippen molar-refractivity contribution in [3.8, 4) is 0 Å². The highest BCUT2D eigenvalue weighted by Gasteiger charge is 2.36. The van der Waals surface area contributed by atoms with E-state index < -0.39 is 0 Å². The first-order valence-corrected chi connectivity index (χ1v) is 11.1. The van der Waals surface area contributed by atoms with Crippen LogP contribution in [0.25, 0.3) is 0 Å². The fourth-order valence-corrected chi connectivity index (χ4v) is 4.48. The minimum absolute atomic E-state index is 0.0248. The lowest BCUT2D eigenvalue weighted by Gasteiger charge is -2.33. The molecule has 0 aromatic heterocycles. The van der Waals surface area contributed by atoms with Crippen LogP contribution in [0.5, 0.6) is 0 Å². The van der Waals surface area contributed by atoms with Crippen molar-refractivity contribution in [2.75, 3.05) is 19.6 Å². The summed E-state index contributed by atoms with van der Waals surface area (Å²) in [4.78, 5) is 17.3. The van der Waals surface area contributed by atoms with Crippen LogP contribution in [-0.4, -0.2) is 41.4 Å². The van der Waals surface area contributed by atoms with E-state index in [0.717, 1.165) is 30.2 Å². The molecular weight excluding hydrogens is 399 g/mol. The summed E-state index contributed by atoms with van der Waals surface area (Å²) in [7, 11) is 0. The van der Waals surface area contributed by atoms with Gasteiger partial charge in [0.2, 0.25) is 5.91 Å². The average Bonchev–Trinajstić information content (AvgIpc) is 3.10. The molecule has 0 aliphatic carbocycles. The minimum Gasteiger partial charge on any atom is -0.340 e. The Morgan fingerprint density at radius 1 is 1.07 bits per heavy atom. The number of likely N-dealkylation sites (tertiary alicyclic amines) is 1. The van der Waals surface area contributed by atoms with Gasteiger partial charge in [-0.25, -0.2) is 4.39 Å². The molecule has 1 heterocycles. The van der Waals surface area contributed by atoms with Crippen LogP contribution in [0.1, 0.15) is 44.7 Å². The first-order chi connectivity index (χ1) is 14.2. The lowest BCUT2D eigenvalue weighted by atomic mass is 9.88. The van der Waals surface area contributed by atoms with Crippen LogP contribution in [0.2, 0.25) is 5.02 Å². The fourth-order valence-electron chi connectivity index (χ4n) is 4.35. The first-order valence-electron chi connectivity index (χ1n) is 10.8. The molecule has 2 atom stereocenters. The third-order valence-corrected chi connectivity index (χ3v) is 6.22. The van der Waals surface area contributed by atoms with Gasteiger partial charge in [-0.1, -0.05) is 49.7 Å². The minimum atomic E-state index is -0.217. The highest BCUT2D eigenvalue weighted by Crippen LogP contribution is 2.35. The maximum Gasteiger partial charge on any atom is 0.225 e. The van der Waals surface area contributed by atoms with Crippen molar-refractivity contribution < 1.29 is 9.18 Å². The van der Waals surface area contributed by atoms with Crippen LogP contribution in [0, 0.1) is 17.7 Å². The number of rotatable bonds is 7. The summed E-state index contributed by atoms with van der Waals surface area (Å²) in [5.74, 6) is 0.513. The molecule has 0 N–H and O–H groups in total. The summed E-state index contributed by atoms with van der Waals surface area (Å²) < 4.78 is 13.5. The highest BCUT2D eigenvalue weighted by molar-refractivity contribution is 6.30. The maximum absolute atomic E-state index is 13.5. The van der Waals surface area contributed by atoms with E-state index >= 15 is 0 Å². The van der Waals surface area contributed by atoms with Crippen LogP contribution >= 0.6 is 11.6 Å². The van der Waals surface area contributed by atoms with Crippen molar-refractivity contribution in [1.82, 2.24) is 9.80 Å². The van der Waals surface area contributed by atoms with Gasteiger partial charge in [-0.05, 0) is 55.2 Å². The van der Waals surface area contributed by atoms with Gasteiger partial charge in [-0.15, -0.1) is 0 Å². The second-order valence-electron chi connectivity index (χ2n) is 8.98. The molecule has 162 valence electrons. The fraction of sp³-hybridized carbons (Fsp3) is 0.480. The van der Waals surface area contributed by atoms with E-state index in [0.29, 0.717) is 12.5 Å². The van der Waals surface area contributed by atoms with Crippen LogP contribution in [-0.2, 0) is 11.3 Å². The molecule has 1 aliphatic rings. The summed E-state index contributed by atoms with van der Waals surface area (Å²) >= 11 is 6.03. The van der Waals surface area contributed by atoms with E-state index in [4.69, 9.17) is 11.6 Å². The largest absolute Gasteiger partial charge is 0.340 e. The second-order valence-corrected chi connectivity index (χ2v) is 9.41. The standard InChI is InChI=1S/C25H32ClFN2O/c1-17(2)25(30)29(18(3)4)15-21-14-28(13-19-5-9-22(26)10-6-19)16-24(21)20-7-11-23(27)12-8-20/h5-12,17-18,21,24H,13-16H2,1-4H3. The smallest absolute Gasteiger partial charge is 0.225 e. The number of hydrogen-bond donors (Lipinski definition) is 0. The van der Waals surface area contributed by atoms with Gasteiger partial charge in [0.05, 0.1) is 0 Å². The number of benzene rings is 2. The molecule has 1 saturated heterocycles. The Kier molecular flexibility index (Phi) is 7.54. The molecule has 0 radical (unpaired) electrons. The second kappa shape index (κ2) is 9.93. The molecule has 0 saturated carbocycles. The third-order valence-electron chi connectivity index (χ3n) is 5.97. The molecule has 0 spiro atoms. The lowest BCUT2D eigenvalue weighted by Crippen LogP contribution is -2.43. The number of carbonyl (C=O) groups is 1. The van der Waals surface area contributed by atoms with E-state index in [-0.39, 0.29) is 29.6 Å². The molecule has 1 amide bonds. The zero-order valence-electron chi connectivity index (χ0n) is 18.3. The Hall–Kier alpha value is -1.91. The van der Waals surface area contributed by atoms with Gasteiger partial charge >= 0.3 is 0 Å². The molecule has 2 aromatic rings. The summed E-state index contributed by atoms with van der Waals surface area (Å²) in [6.45, 7) is 11.4. The molecule has 3 rings (SSSR count). The first kappa shape index (κ1) is 22.8. The molecule has 0 bridgehead atoms. The lowest BCUT2D eigenvalue weighted by molar-refractivity contribution is -0.136. The van der Waals surface area contributed by atoms with Gasteiger partial charge in [-0.3, -0.25) is 9.69 Å². The van der Waals surface area contributed by atoms with Gasteiger partial charge in [-0.2, -0.15) is 0 Å². The Morgan fingerprint density at radius 2 is 1.70 bits per heavy atom. The topological polar surface area (TPSA) is 23.6 Å². The third kappa shape index (κ3) is 5.61. The van der Waals surface area contributed by atoms with E-state index in [1.807, 2.05) is 43.0 Å². The number of hydrogen-bond acceptors (Lipinski definition) is 2. The quantitative estimate of drug-likeness (QED) is 0.571. The molecule has 5 heteroatoms. The molecule has 2 aromatic carbocycles. The molecule has 1 aliphatic heterocycles. The monoisotopic (exact) mass is 430 g/mol. The van der Waals surface area contributed by atoms with Crippen molar-refractivity contribution >= 4 is 17.5 Å². The molecule has 3 nitrogen and oxygen atoms in total. The highest BCUT2D eigenvalue weighted by atomic mass is 35.5. The zero-order valence-corrected chi connectivity index (χ0v) is 19.1. The Labute approximate surface area is 184 Å². The van der Waals surface area contributed by atoms with Gasteiger partial charge in [0.25, 0.3) is 0 Å². The molecule has 1 fully saturated rings. The van der Waals surface area contributed by atoms with Crippen molar-refractivity contribution in [2.45, 2.75) is 46.2 Å². The predicted octanol–water partition coefficient (Wildman–Crippen LogP) is 5.59. The average molecular weight is 431 g/mol. The molecule has 30 heavy (non-hydrogen) atoms. The van der Waals surface area contributed by atoms with E-state index in [9.17, 15) is 9.18 Å². The Balaban J connectivity index is 1.81. The van der Waals surface area contributed by atoms with Gasteiger partial charge < -0.3 is 4.90 Å². The normalized spacial score (nSPS) is 19.6. The summed E-state index contributed by atoms with van der Waals surface area (Å²) in [5.41, 5.74) is 2.36. The SMILES string of the molecule is CC(C)C(=O)N(CC1CN(Cc2ccc(Cl)cc2)CC1c1ccc(F)cc1)C(C)C. The van der Waals surface area contributed by atoms with Crippen molar-refractivity contribution in [2.24, 2.45) is 11.8 Å². The van der Waals surface area contributed by atoms with E-state index in [1.54, 1.807) is 0 Å². The summed E-state index contributed by atoms with van der Waals surface area (Å²) in [6, 6.07) is 15.0. The Bertz CT molecular complexity index is 835. The summed E-state index contributed by atoms with van der Waals surface area (Å²) in [5, 5.41) is 0.738. The predicted molar refractivity (Wildman–Crippen MR) is 121 cm³/mol. The van der Waals surface area contributed by atoms with Crippen LogP contribution < -0.4 is 0 Å². The van der Waals surface area contributed by atoms with Crippen LogP contribution in [0.3, 0.4) is 0 Å².